The first kappa shape index (κ1) is 15.6. The fourth-order valence-electron chi connectivity index (χ4n) is 1.57. The highest BCUT2D eigenvalue weighted by molar-refractivity contribution is 7.91. The Hall–Kier alpha value is -1.44. The summed E-state index contributed by atoms with van der Waals surface area (Å²) in [5.74, 6) is -0.352. The molecule has 0 aliphatic carbocycles. The molecule has 0 aliphatic heterocycles. The van der Waals surface area contributed by atoms with Crippen molar-refractivity contribution in [1.29, 1.82) is 0 Å². The maximum absolute atomic E-state index is 12.1. The van der Waals surface area contributed by atoms with Gasteiger partial charge in [-0.05, 0) is 13.3 Å². The summed E-state index contributed by atoms with van der Waals surface area (Å²) < 4.78 is 30.3. The van der Waals surface area contributed by atoms with Crippen LogP contribution < -0.4 is 0 Å². The van der Waals surface area contributed by atoms with E-state index in [-0.39, 0.29) is 12.2 Å². The average Bonchev–Trinajstić information content (AvgIpc) is 2.76. The minimum atomic E-state index is -3.45. The smallest absolute Gasteiger partial charge is 0.306 e. The molecule has 0 spiro atoms. The van der Waals surface area contributed by atoms with Gasteiger partial charge in [0.1, 0.15) is 17.9 Å². The lowest BCUT2D eigenvalue weighted by molar-refractivity contribution is -0.140. The van der Waals surface area contributed by atoms with Gasteiger partial charge in [0.25, 0.3) is 0 Å². The van der Waals surface area contributed by atoms with E-state index in [1.54, 1.807) is 4.68 Å². The first-order valence-corrected chi connectivity index (χ1v) is 7.77. The van der Waals surface area contributed by atoms with Gasteiger partial charge in [-0.2, -0.15) is 5.10 Å². The van der Waals surface area contributed by atoms with Crippen LogP contribution in [0.2, 0.25) is 0 Å². The summed E-state index contributed by atoms with van der Waals surface area (Å²) in [6.07, 6.45) is 2.03. The van der Waals surface area contributed by atoms with Gasteiger partial charge in [-0.1, -0.05) is 6.92 Å². The molecule has 0 bridgehead atoms. The molecule has 1 atom stereocenters. The maximum Gasteiger partial charge on any atom is 0.306 e. The number of carbonyl (C=O) groups is 1. The number of aromatic nitrogens is 3. The van der Waals surface area contributed by atoms with Gasteiger partial charge in [0, 0.05) is 6.54 Å². The highest BCUT2D eigenvalue weighted by Gasteiger charge is 2.26. The van der Waals surface area contributed by atoms with Crippen LogP contribution in [-0.2, 0) is 31.7 Å². The minimum absolute atomic E-state index is 0.152. The van der Waals surface area contributed by atoms with Crippen molar-refractivity contribution in [2.75, 3.05) is 7.11 Å². The van der Waals surface area contributed by atoms with E-state index in [0.29, 0.717) is 12.4 Å². The van der Waals surface area contributed by atoms with Gasteiger partial charge in [-0.3, -0.25) is 4.79 Å². The molecular weight excluding hydrogens is 270 g/mol. The largest absolute Gasteiger partial charge is 0.469 e. The lowest BCUT2D eigenvalue weighted by Crippen LogP contribution is -2.25. The molecule has 19 heavy (non-hydrogen) atoms. The Kier molecular flexibility index (Phi) is 5.46. The van der Waals surface area contributed by atoms with Gasteiger partial charge in [0.2, 0.25) is 0 Å². The lowest BCUT2D eigenvalue weighted by atomic mass is 10.3. The fourth-order valence-corrected chi connectivity index (χ4v) is 2.82. The van der Waals surface area contributed by atoms with Crippen molar-refractivity contribution in [3.05, 3.63) is 12.2 Å². The second-order valence-corrected chi connectivity index (χ2v) is 6.72. The van der Waals surface area contributed by atoms with Crippen molar-refractivity contribution in [3.63, 3.8) is 0 Å². The number of aryl methyl sites for hydroxylation is 1. The maximum atomic E-state index is 12.1. The van der Waals surface area contributed by atoms with Gasteiger partial charge in [0.15, 0.2) is 9.84 Å². The third kappa shape index (κ3) is 4.30. The molecule has 0 saturated carbocycles. The van der Waals surface area contributed by atoms with E-state index in [2.05, 4.69) is 14.8 Å². The van der Waals surface area contributed by atoms with Crippen molar-refractivity contribution >= 4 is 15.8 Å². The van der Waals surface area contributed by atoms with Gasteiger partial charge < -0.3 is 4.74 Å². The summed E-state index contributed by atoms with van der Waals surface area (Å²) in [5.41, 5.74) is 0. The Balaban J connectivity index is 2.78. The van der Waals surface area contributed by atoms with Crippen molar-refractivity contribution in [2.45, 2.75) is 44.2 Å². The van der Waals surface area contributed by atoms with Crippen molar-refractivity contribution in [1.82, 2.24) is 14.8 Å². The summed E-state index contributed by atoms with van der Waals surface area (Å²) in [7, 11) is -2.22. The Morgan fingerprint density at radius 1 is 1.53 bits per heavy atom. The molecule has 0 amide bonds. The van der Waals surface area contributed by atoms with E-state index >= 15 is 0 Å². The number of carbonyl (C=O) groups excluding carboxylic acids is 1. The zero-order valence-electron chi connectivity index (χ0n) is 11.4. The first-order chi connectivity index (χ1) is 8.90. The Morgan fingerprint density at radius 2 is 2.21 bits per heavy atom. The summed E-state index contributed by atoms with van der Waals surface area (Å²) in [6.45, 7) is 4.09. The fraction of sp³-hybridized carbons (Fsp3) is 0.727. The molecule has 0 aromatic carbocycles. The molecule has 0 aliphatic rings. The van der Waals surface area contributed by atoms with Crippen molar-refractivity contribution < 1.29 is 17.9 Å². The summed E-state index contributed by atoms with van der Waals surface area (Å²) >= 11 is 0. The van der Waals surface area contributed by atoms with Crippen LogP contribution >= 0.6 is 0 Å². The number of rotatable bonds is 7. The SMILES string of the molecule is CCCn1ncnc1CS(=O)(=O)C(C)CC(=O)OC. The first-order valence-electron chi connectivity index (χ1n) is 6.05. The molecule has 7 nitrogen and oxygen atoms in total. The molecular formula is C11H19N3O4S. The van der Waals surface area contributed by atoms with E-state index < -0.39 is 21.1 Å². The van der Waals surface area contributed by atoms with Crippen LogP contribution in [0.4, 0.5) is 0 Å². The molecule has 0 fully saturated rings. The van der Waals surface area contributed by atoms with Gasteiger partial charge >= 0.3 is 5.97 Å². The Labute approximate surface area is 112 Å². The third-order valence-corrected chi connectivity index (χ3v) is 4.81. The molecule has 1 unspecified atom stereocenters. The van der Waals surface area contributed by atoms with Crippen molar-refractivity contribution in [3.8, 4) is 0 Å². The Morgan fingerprint density at radius 3 is 2.79 bits per heavy atom. The topological polar surface area (TPSA) is 91.1 Å². The molecule has 1 aromatic rings. The van der Waals surface area contributed by atoms with Crippen molar-refractivity contribution in [2.24, 2.45) is 0 Å². The van der Waals surface area contributed by atoms with Crippen LogP contribution in [0.1, 0.15) is 32.5 Å². The molecule has 108 valence electrons. The van der Waals surface area contributed by atoms with Gasteiger partial charge in [0.05, 0.1) is 18.8 Å². The number of hydrogen-bond acceptors (Lipinski definition) is 6. The number of hydrogen-bond donors (Lipinski definition) is 0. The second kappa shape index (κ2) is 6.65. The molecule has 0 N–H and O–H groups in total. The summed E-state index contributed by atoms with van der Waals surface area (Å²) in [5, 5.41) is 3.18. The molecule has 0 saturated heterocycles. The summed E-state index contributed by atoms with van der Waals surface area (Å²) in [6, 6.07) is 0. The molecule has 1 aromatic heterocycles. The monoisotopic (exact) mass is 289 g/mol. The van der Waals surface area contributed by atoms with Crippen LogP contribution in [-0.4, -0.2) is 41.5 Å². The number of esters is 1. The highest BCUT2D eigenvalue weighted by atomic mass is 32.2. The summed E-state index contributed by atoms with van der Waals surface area (Å²) in [4.78, 5) is 15.1. The quantitative estimate of drug-likeness (QED) is 0.681. The molecule has 0 radical (unpaired) electrons. The number of methoxy groups -OCH3 is 1. The normalized spacial score (nSPS) is 13.2. The molecule has 1 heterocycles. The van der Waals surface area contributed by atoms with Gasteiger partial charge in [-0.15, -0.1) is 0 Å². The average molecular weight is 289 g/mol. The predicted octanol–water partition coefficient (Wildman–Crippen LogP) is 0.554. The predicted molar refractivity (Wildman–Crippen MR) is 69.0 cm³/mol. The van der Waals surface area contributed by atoms with Crippen LogP contribution in [0.3, 0.4) is 0 Å². The standard InChI is InChI=1S/C11H19N3O4S/c1-4-5-14-10(12-8-13-14)7-19(16,17)9(2)6-11(15)18-3/h8-9H,4-7H2,1-3H3. The van der Waals surface area contributed by atoms with Crippen LogP contribution in [0.15, 0.2) is 6.33 Å². The van der Waals surface area contributed by atoms with Crippen LogP contribution in [0.25, 0.3) is 0 Å². The van der Waals surface area contributed by atoms with E-state index in [1.165, 1.54) is 20.4 Å². The number of sulfone groups is 1. The number of nitrogens with zero attached hydrogens (tertiary/aromatic N) is 3. The second-order valence-electron chi connectivity index (χ2n) is 4.30. The number of ether oxygens (including phenoxy) is 1. The minimum Gasteiger partial charge on any atom is -0.469 e. The Bertz CT molecular complexity index is 524. The lowest BCUT2D eigenvalue weighted by Gasteiger charge is -2.11. The van der Waals surface area contributed by atoms with E-state index in [1.807, 2.05) is 6.92 Å². The zero-order chi connectivity index (χ0) is 14.5. The van der Waals surface area contributed by atoms with E-state index in [9.17, 15) is 13.2 Å². The van der Waals surface area contributed by atoms with Gasteiger partial charge in [-0.25, -0.2) is 18.1 Å². The van der Waals surface area contributed by atoms with Crippen LogP contribution in [0.5, 0.6) is 0 Å². The third-order valence-electron chi connectivity index (χ3n) is 2.76. The highest BCUT2D eigenvalue weighted by Crippen LogP contribution is 2.13. The van der Waals surface area contributed by atoms with Crippen LogP contribution in [0, 0.1) is 0 Å². The zero-order valence-corrected chi connectivity index (χ0v) is 12.2. The van der Waals surface area contributed by atoms with E-state index in [4.69, 9.17) is 0 Å². The molecule has 1 rings (SSSR count). The van der Waals surface area contributed by atoms with E-state index in [0.717, 1.165) is 6.42 Å². The molecule has 8 heteroatoms.